The molecule has 1 N–H and O–H groups in total. The number of Topliss-reactive ketones (excluding diaryl/α,β-unsaturated/α-hetero) is 1. The van der Waals surface area contributed by atoms with Crippen molar-refractivity contribution in [3.63, 3.8) is 0 Å². The molecule has 0 radical (unpaired) electrons. The van der Waals surface area contributed by atoms with Crippen LogP contribution in [0, 0.1) is 24.5 Å². The highest BCUT2D eigenvalue weighted by atomic mass is 19.1. The number of carbonyl (C=O) groups is 1. The van der Waals surface area contributed by atoms with Crippen LogP contribution in [0.4, 0.5) is 8.78 Å². The fraction of sp³-hybridized carbons (Fsp3) is 0.462. The van der Waals surface area contributed by atoms with Crippen molar-refractivity contribution >= 4 is 5.78 Å². The summed E-state index contributed by atoms with van der Waals surface area (Å²) >= 11 is 0. The van der Waals surface area contributed by atoms with Crippen molar-refractivity contribution in [1.82, 2.24) is 5.32 Å². The van der Waals surface area contributed by atoms with Crippen molar-refractivity contribution in [1.29, 1.82) is 0 Å². The first kappa shape index (κ1) is 12.2. The van der Waals surface area contributed by atoms with Crippen LogP contribution in [-0.2, 0) is 0 Å². The second kappa shape index (κ2) is 4.92. The van der Waals surface area contributed by atoms with Crippen LogP contribution in [-0.4, -0.2) is 18.9 Å². The Morgan fingerprint density at radius 3 is 2.53 bits per heavy atom. The third-order valence-electron chi connectivity index (χ3n) is 3.22. The molecule has 0 aliphatic carbocycles. The first-order valence-electron chi connectivity index (χ1n) is 5.80. The molecule has 0 saturated carbocycles. The van der Waals surface area contributed by atoms with E-state index in [9.17, 15) is 13.6 Å². The van der Waals surface area contributed by atoms with Crippen LogP contribution in [0.2, 0.25) is 0 Å². The summed E-state index contributed by atoms with van der Waals surface area (Å²) in [6.45, 7) is 3.09. The van der Waals surface area contributed by atoms with E-state index < -0.39 is 11.6 Å². The summed E-state index contributed by atoms with van der Waals surface area (Å²) in [5.74, 6) is -1.70. The predicted octanol–water partition coefficient (Wildman–Crippen LogP) is 2.46. The monoisotopic (exact) mass is 239 g/mol. The third kappa shape index (κ3) is 2.52. The molecule has 0 aromatic heterocycles. The molecule has 1 heterocycles. The van der Waals surface area contributed by atoms with Gasteiger partial charge < -0.3 is 5.32 Å². The molecule has 0 unspecified atom stereocenters. The molecular formula is C13H15F2NO. The largest absolute Gasteiger partial charge is 0.317 e. The van der Waals surface area contributed by atoms with E-state index in [1.807, 2.05) is 0 Å². The molecule has 1 fully saturated rings. The second-order valence-corrected chi connectivity index (χ2v) is 4.47. The summed E-state index contributed by atoms with van der Waals surface area (Å²) < 4.78 is 26.7. The standard InChI is InChI=1S/C13H15F2NO/c1-8-6-10(12(15)7-11(8)14)13(17)9-2-4-16-5-3-9/h6-7,9,16H,2-5H2,1H3. The number of hydrogen-bond acceptors (Lipinski definition) is 2. The van der Waals surface area contributed by atoms with Crippen LogP contribution in [0.25, 0.3) is 0 Å². The van der Waals surface area contributed by atoms with Gasteiger partial charge in [0, 0.05) is 12.0 Å². The van der Waals surface area contributed by atoms with Crippen LogP contribution in [0.15, 0.2) is 12.1 Å². The Kier molecular flexibility index (Phi) is 3.52. The number of nitrogens with one attached hydrogen (secondary N) is 1. The van der Waals surface area contributed by atoms with Gasteiger partial charge in [0.1, 0.15) is 11.6 Å². The van der Waals surface area contributed by atoms with E-state index in [1.54, 1.807) is 0 Å². The molecule has 17 heavy (non-hydrogen) atoms. The lowest BCUT2D eigenvalue weighted by Crippen LogP contribution is -2.32. The van der Waals surface area contributed by atoms with Crippen molar-refractivity contribution in [2.45, 2.75) is 19.8 Å². The van der Waals surface area contributed by atoms with Crippen molar-refractivity contribution < 1.29 is 13.6 Å². The molecule has 2 nitrogen and oxygen atoms in total. The zero-order valence-corrected chi connectivity index (χ0v) is 9.72. The fourth-order valence-corrected chi connectivity index (χ4v) is 2.15. The molecule has 0 atom stereocenters. The summed E-state index contributed by atoms with van der Waals surface area (Å²) in [4.78, 5) is 12.1. The highest BCUT2D eigenvalue weighted by Crippen LogP contribution is 2.22. The third-order valence-corrected chi connectivity index (χ3v) is 3.22. The van der Waals surface area contributed by atoms with Crippen LogP contribution < -0.4 is 5.32 Å². The van der Waals surface area contributed by atoms with Gasteiger partial charge in [0.25, 0.3) is 0 Å². The summed E-state index contributed by atoms with van der Waals surface area (Å²) in [5.41, 5.74) is 0.333. The lowest BCUT2D eigenvalue weighted by Gasteiger charge is -2.21. The maximum Gasteiger partial charge on any atom is 0.168 e. The maximum absolute atomic E-state index is 13.6. The number of halogens is 2. The lowest BCUT2D eigenvalue weighted by molar-refractivity contribution is 0.0890. The maximum atomic E-state index is 13.6. The number of rotatable bonds is 2. The highest BCUT2D eigenvalue weighted by molar-refractivity contribution is 5.98. The molecule has 0 bridgehead atoms. The lowest BCUT2D eigenvalue weighted by atomic mass is 9.89. The summed E-state index contributed by atoms with van der Waals surface area (Å²) in [5, 5.41) is 3.15. The Labute approximate surface area is 99.0 Å². The van der Waals surface area contributed by atoms with Gasteiger partial charge in [-0.1, -0.05) is 0 Å². The van der Waals surface area contributed by atoms with Gasteiger partial charge in [0.15, 0.2) is 5.78 Å². The van der Waals surface area contributed by atoms with E-state index in [1.165, 1.54) is 13.0 Å². The van der Waals surface area contributed by atoms with E-state index in [0.717, 1.165) is 19.2 Å². The van der Waals surface area contributed by atoms with Gasteiger partial charge >= 0.3 is 0 Å². The van der Waals surface area contributed by atoms with Crippen molar-refractivity contribution in [3.05, 3.63) is 34.9 Å². The van der Waals surface area contributed by atoms with Crippen LogP contribution in [0.1, 0.15) is 28.8 Å². The number of benzene rings is 1. The molecule has 92 valence electrons. The van der Waals surface area contributed by atoms with Gasteiger partial charge in [0.2, 0.25) is 0 Å². The van der Waals surface area contributed by atoms with Crippen LogP contribution in [0.3, 0.4) is 0 Å². The molecule has 4 heteroatoms. The Bertz CT molecular complexity index is 439. The molecule has 1 aromatic rings. The zero-order chi connectivity index (χ0) is 12.4. The zero-order valence-electron chi connectivity index (χ0n) is 9.72. The van der Waals surface area contributed by atoms with Crippen molar-refractivity contribution in [2.75, 3.05) is 13.1 Å². The Hall–Kier alpha value is -1.29. The molecule has 0 amide bonds. The van der Waals surface area contributed by atoms with Gasteiger partial charge in [-0.3, -0.25) is 4.79 Å². The molecule has 1 saturated heterocycles. The van der Waals surface area contributed by atoms with Crippen LogP contribution in [0.5, 0.6) is 0 Å². The molecule has 2 rings (SSSR count). The number of carbonyl (C=O) groups excluding carboxylic acids is 1. The Balaban J connectivity index is 2.26. The van der Waals surface area contributed by atoms with E-state index in [0.29, 0.717) is 18.4 Å². The SMILES string of the molecule is Cc1cc(C(=O)C2CCNCC2)c(F)cc1F. The Morgan fingerprint density at radius 2 is 1.88 bits per heavy atom. The van der Waals surface area contributed by atoms with Gasteiger partial charge in [-0.05, 0) is 44.5 Å². The fourth-order valence-electron chi connectivity index (χ4n) is 2.15. The minimum absolute atomic E-state index is 0.0239. The minimum atomic E-state index is -0.753. The van der Waals surface area contributed by atoms with E-state index in [-0.39, 0.29) is 17.3 Å². The molecular weight excluding hydrogens is 224 g/mol. The predicted molar refractivity (Wildman–Crippen MR) is 61.0 cm³/mol. The molecule has 1 aliphatic heterocycles. The van der Waals surface area contributed by atoms with Crippen LogP contribution >= 0.6 is 0 Å². The first-order chi connectivity index (χ1) is 8.09. The molecule has 0 spiro atoms. The summed E-state index contributed by atoms with van der Waals surface area (Å²) in [6.07, 6.45) is 1.43. The summed E-state index contributed by atoms with van der Waals surface area (Å²) in [6, 6.07) is 2.11. The van der Waals surface area contributed by atoms with Gasteiger partial charge in [-0.15, -0.1) is 0 Å². The first-order valence-corrected chi connectivity index (χ1v) is 5.80. The van der Waals surface area contributed by atoms with Gasteiger partial charge in [-0.2, -0.15) is 0 Å². The van der Waals surface area contributed by atoms with E-state index in [2.05, 4.69) is 5.32 Å². The number of piperidine rings is 1. The minimum Gasteiger partial charge on any atom is -0.317 e. The van der Waals surface area contributed by atoms with Crippen molar-refractivity contribution in [3.8, 4) is 0 Å². The number of aryl methyl sites for hydroxylation is 1. The van der Waals surface area contributed by atoms with Crippen molar-refractivity contribution in [2.24, 2.45) is 5.92 Å². The normalized spacial score (nSPS) is 17.1. The van der Waals surface area contributed by atoms with Gasteiger partial charge in [-0.25, -0.2) is 8.78 Å². The second-order valence-electron chi connectivity index (χ2n) is 4.47. The smallest absolute Gasteiger partial charge is 0.168 e. The quantitative estimate of drug-likeness (QED) is 0.803. The molecule has 1 aliphatic rings. The number of ketones is 1. The number of hydrogen-bond donors (Lipinski definition) is 1. The van der Waals surface area contributed by atoms with E-state index in [4.69, 9.17) is 0 Å². The molecule has 1 aromatic carbocycles. The average Bonchev–Trinajstić information content (AvgIpc) is 2.34. The summed E-state index contributed by atoms with van der Waals surface area (Å²) in [7, 11) is 0. The topological polar surface area (TPSA) is 29.1 Å². The highest BCUT2D eigenvalue weighted by Gasteiger charge is 2.25. The Morgan fingerprint density at radius 1 is 1.24 bits per heavy atom. The average molecular weight is 239 g/mol. The van der Waals surface area contributed by atoms with Gasteiger partial charge in [0.05, 0.1) is 5.56 Å². The van der Waals surface area contributed by atoms with E-state index >= 15 is 0 Å².